The summed E-state index contributed by atoms with van der Waals surface area (Å²) < 4.78 is 41.4. The van der Waals surface area contributed by atoms with Crippen molar-refractivity contribution in [2.45, 2.75) is 50.5 Å². The van der Waals surface area contributed by atoms with E-state index in [4.69, 9.17) is 0 Å². The van der Waals surface area contributed by atoms with E-state index in [1.165, 1.54) is 24.5 Å². The minimum atomic E-state index is -5.19. The lowest BCUT2D eigenvalue weighted by atomic mass is 9.88. The maximum Gasteiger partial charge on any atom is 0.440 e. The molecule has 146 valence electrons. The van der Waals surface area contributed by atoms with E-state index in [0.717, 1.165) is 19.3 Å². The first-order chi connectivity index (χ1) is 12.7. The predicted molar refractivity (Wildman–Crippen MR) is 86.8 cm³/mol. The summed E-state index contributed by atoms with van der Waals surface area (Å²) in [6.45, 7) is -0.379. The molecule has 2 N–H and O–H groups in total. The van der Waals surface area contributed by atoms with Gasteiger partial charge in [-0.25, -0.2) is 4.79 Å². The van der Waals surface area contributed by atoms with Crippen LogP contribution < -0.4 is 10.6 Å². The van der Waals surface area contributed by atoms with Gasteiger partial charge in [0.25, 0.3) is 11.6 Å². The number of hydrogen-bond acceptors (Lipinski definition) is 4. The van der Waals surface area contributed by atoms with Gasteiger partial charge >= 0.3 is 12.2 Å². The summed E-state index contributed by atoms with van der Waals surface area (Å²) in [5, 5.41) is 3.45. The second-order valence-electron chi connectivity index (χ2n) is 6.75. The largest absolute Gasteiger partial charge is 0.440 e. The molecule has 1 aromatic heterocycles. The third-order valence-corrected chi connectivity index (χ3v) is 4.88. The normalized spacial score (nSPS) is 24.0. The molecule has 3 rings (SSSR count). The lowest BCUT2D eigenvalue weighted by molar-refractivity contribution is -0.205. The summed E-state index contributed by atoms with van der Waals surface area (Å²) >= 11 is 0. The molecule has 10 heteroatoms. The van der Waals surface area contributed by atoms with E-state index < -0.39 is 35.6 Å². The highest BCUT2D eigenvalue weighted by atomic mass is 19.4. The highest BCUT2D eigenvalue weighted by molar-refractivity contribution is 6.09. The van der Waals surface area contributed by atoms with Crippen molar-refractivity contribution in [1.29, 1.82) is 0 Å². The molecule has 2 aliphatic rings. The van der Waals surface area contributed by atoms with Crippen LogP contribution in [-0.4, -0.2) is 39.6 Å². The second-order valence-corrected chi connectivity index (χ2v) is 6.75. The number of urea groups is 1. The first kappa shape index (κ1) is 19.1. The van der Waals surface area contributed by atoms with Gasteiger partial charge in [0.1, 0.15) is 0 Å². The van der Waals surface area contributed by atoms with Gasteiger partial charge < -0.3 is 5.32 Å². The Morgan fingerprint density at radius 2 is 2.00 bits per heavy atom. The van der Waals surface area contributed by atoms with Crippen LogP contribution in [0.3, 0.4) is 0 Å². The molecule has 4 amide bonds. The van der Waals surface area contributed by atoms with Crippen molar-refractivity contribution in [1.82, 2.24) is 20.5 Å². The van der Waals surface area contributed by atoms with Crippen molar-refractivity contribution in [3.63, 3.8) is 0 Å². The van der Waals surface area contributed by atoms with Crippen molar-refractivity contribution in [2.75, 3.05) is 0 Å². The van der Waals surface area contributed by atoms with E-state index in [9.17, 15) is 27.6 Å². The van der Waals surface area contributed by atoms with E-state index in [1.54, 1.807) is 10.6 Å². The lowest BCUT2D eigenvalue weighted by Gasteiger charge is -2.32. The SMILES string of the molecule is O=C(N[C@]1(C(F)(F)F)NC(=O)N(Cc2cccnc2)C1=O)C1CCCCC1. The minimum Gasteiger partial charge on any atom is -0.318 e. The molecule has 1 atom stereocenters. The first-order valence-corrected chi connectivity index (χ1v) is 8.66. The highest BCUT2D eigenvalue weighted by Crippen LogP contribution is 2.35. The number of rotatable bonds is 4. The van der Waals surface area contributed by atoms with Crippen LogP contribution in [0.5, 0.6) is 0 Å². The van der Waals surface area contributed by atoms with E-state index >= 15 is 0 Å². The summed E-state index contributed by atoms with van der Waals surface area (Å²) in [4.78, 5) is 41.4. The first-order valence-electron chi connectivity index (χ1n) is 8.66. The van der Waals surface area contributed by atoms with E-state index in [1.807, 2.05) is 0 Å². The highest BCUT2D eigenvalue weighted by Gasteiger charge is 2.68. The molecule has 0 spiro atoms. The van der Waals surface area contributed by atoms with Gasteiger partial charge in [-0.1, -0.05) is 25.3 Å². The molecule has 27 heavy (non-hydrogen) atoms. The van der Waals surface area contributed by atoms with E-state index in [0.29, 0.717) is 23.3 Å². The molecule has 0 unspecified atom stereocenters. The van der Waals surface area contributed by atoms with Crippen molar-refractivity contribution in [3.05, 3.63) is 30.1 Å². The molecule has 1 saturated carbocycles. The topological polar surface area (TPSA) is 91.4 Å². The Bertz CT molecular complexity index is 735. The molecule has 1 saturated heterocycles. The molecule has 0 bridgehead atoms. The van der Waals surface area contributed by atoms with E-state index in [2.05, 4.69) is 4.98 Å². The molecule has 0 radical (unpaired) electrons. The van der Waals surface area contributed by atoms with Crippen LogP contribution in [0, 0.1) is 5.92 Å². The van der Waals surface area contributed by atoms with Crippen molar-refractivity contribution >= 4 is 17.8 Å². The fraction of sp³-hybridized carbons (Fsp3) is 0.529. The van der Waals surface area contributed by atoms with Crippen LogP contribution in [0.25, 0.3) is 0 Å². The number of carbonyl (C=O) groups excluding carboxylic acids is 3. The molecule has 2 fully saturated rings. The number of nitrogens with one attached hydrogen (secondary N) is 2. The maximum atomic E-state index is 13.8. The second kappa shape index (κ2) is 7.16. The van der Waals surface area contributed by atoms with Gasteiger partial charge in [0.2, 0.25) is 5.91 Å². The molecule has 0 aromatic carbocycles. The third kappa shape index (κ3) is 3.60. The van der Waals surface area contributed by atoms with Gasteiger partial charge in [-0.15, -0.1) is 0 Å². The van der Waals surface area contributed by atoms with Crippen LogP contribution >= 0.6 is 0 Å². The Labute approximate surface area is 153 Å². The minimum absolute atomic E-state index is 0.379. The summed E-state index contributed by atoms with van der Waals surface area (Å²) in [5.74, 6) is -3.02. The number of aromatic nitrogens is 1. The quantitative estimate of drug-likeness (QED) is 0.778. The summed E-state index contributed by atoms with van der Waals surface area (Å²) in [6.07, 6.45) is 0.933. The van der Waals surface area contributed by atoms with Gasteiger partial charge in [0, 0.05) is 18.3 Å². The van der Waals surface area contributed by atoms with Crippen LogP contribution in [0.1, 0.15) is 37.7 Å². The molecule has 2 heterocycles. The molecule has 1 aromatic rings. The van der Waals surface area contributed by atoms with Gasteiger partial charge in [-0.3, -0.25) is 24.8 Å². The van der Waals surface area contributed by atoms with Crippen molar-refractivity contribution in [3.8, 4) is 0 Å². The molecule has 1 aliphatic heterocycles. The Morgan fingerprint density at radius 3 is 2.59 bits per heavy atom. The number of nitrogens with zero attached hydrogens (tertiary/aromatic N) is 2. The van der Waals surface area contributed by atoms with Crippen LogP contribution in [0.2, 0.25) is 0 Å². The Morgan fingerprint density at radius 1 is 1.30 bits per heavy atom. The van der Waals surface area contributed by atoms with Gasteiger partial charge in [-0.2, -0.15) is 13.2 Å². The number of imide groups is 1. The van der Waals surface area contributed by atoms with Crippen LogP contribution in [0.4, 0.5) is 18.0 Å². The number of carbonyl (C=O) groups is 3. The lowest BCUT2D eigenvalue weighted by Crippen LogP contribution is -2.70. The summed E-state index contributed by atoms with van der Waals surface area (Å²) in [5.41, 5.74) is -3.06. The predicted octanol–water partition coefficient (Wildman–Crippen LogP) is 2.09. The number of amides is 4. The smallest absolute Gasteiger partial charge is 0.318 e. The zero-order chi connectivity index (χ0) is 19.7. The fourth-order valence-corrected chi connectivity index (χ4v) is 3.39. The maximum absolute atomic E-state index is 13.8. The monoisotopic (exact) mass is 384 g/mol. The van der Waals surface area contributed by atoms with Crippen LogP contribution in [-0.2, 0) is 16.1 Å². The van der Waals surface area contributed by atoms with Crippen LogP contribution in [0.15, 0.2) is 24.5 Å². The van der Waals surface area contributed by atoms with Gasteiger partial charge in [-0.05, 0) is 24.5 Å². The third-order valence-electron chi connectivity index (χ3n) is 4.88. The fourth-order valence-electron chi connectivity index (χ4n) is 3.39. The standard InChI is InChI=1S/C17H19F3N4O3/c18-17(19,20)16(22-13(25)12-6-2-1-3-7-12)14(26)24(15(27)23-16)10-11-5-4-8-21-9-11/h4-5,8-9,12H,1-3,6-7,10H2,(H,22,25)(H,23,27)/t16-/m0/s1. The number of pyridine rings is 1. The summed E-state index contributed by atoms with van der Waals surface area (Å²) in [6, 6.07) is 1.85. The number of alkyl halides is 3. The van der Waals surface area contributed by atoms with Gasteiger partial charge in [0.15, 0.2) is 0 Å². The molecular weight excluding hydrogens is 365 g/mol. The van der Waals surface area contributed by atoms with E-state index in [-0.39, 0.29) is 6.54 Å². The Hall–Kier alpha value is -2.65. The van der Waals surface area contributed by atoms with Crippen molar-refractivity contribution < 1.29 is 27.6 Å². The van der Waals surface area contributed by atoms with Gasteiger partial charge in [0.05, 0.1) is 6.54 Å². The Balaban J connectivity index is 1.84. The average molecular weight is 384 g/mol. The van der Waals surface area contributed by atoms with Crippen molar-refractivity contribution in [2.24, 2.45) is 5.92 Å². The zero-order valence-corrected chi connectivity index (χ0v) is 14.4. The number of hydrogen-bond donors (Lipinski definition) is 2. The molecular formula is C17H19F3N4O3. The number of halogens is 3. The molecule has 1 aliphatic carbocycles. The zero-order valence-electron chi connectivity index (χ0n) is 14.4. The average Bonchev–Trinajstić information content (AvgIpc) is 2.88. The molecule has 7 nitrogen and oxygen atoms in total. The Kier molecular flexibility index (Phi) is 5.07. The summed E-state index contributed by atoms with van der Waals surface area (Å²) in [7, 11) is 0.